The standard InChI is InChI=1S/C31H36FN3O2/c1-22-19-30(37-34-22)27-9-8-25-14-17-35(18-15-26(25)21-27)16-13-23-5-10-29(11-6-23)33-31(36)12-7-24-3-2-4-28(32)20-24/h2-4,7-9,12,19-21,23,29H,5-6,10-11,13-18H2,1H3,(H,33,36)/b12-7+. The molecule has 1 amide bonds. The topological polar surface area (TPSA) is 58.4 Å². The summed E-state index contributed by atoms with van der Waals surface area (Å²) in [5.41, 5.74) is 5.59. The largest absolute Gasteiger partial charge is 0.356 e. The molecule has 1 N–H and O–H groups in total. The van der Waals surface area contributed by atoms with Crippen LogP contribution in [0.25, 0.3) is 17.4 Å². The fourth-order valence-corrected chi connectivity index (χ4v) is 5.64. The van der Waals surface area contributed by atoms with Crippen LogP contribution in [0, 0.1) is 18.7 Å². The number of carbonyl (C=O) groups is 1. The number of amides is 1. The first kappa shape index (κ1) is 25.4. The third-order valence-electron chi connectivity index (χ3n) is 7.84. The number of nitrogens with one attached hydrogen (secondary N) is 1. The Bertz CT molecular complexity index is 1240. The van der Waals surface area contributed by atoms with Crippen LogP contribution in [0.3, 0.4) is 0 Å². The first-order valence-corrected chi connectivity index (χ1v) is 13.5. The SMILES string of the molecule is Cc1cc(-c2ccc3c(c2)CCN(CCC2CCC(NC(=O)/C=C/c4cccc(F)c4)CC2)CC3)on1. The van der Waals surface area contributed by atoms with Gasteiger partial charge in [0.2, 0.25) is 5.91 Å². The number of nitrogens with zero attached hydrogens (tertiary/aromatic N) is 2. The van der Waals surface area contributed by atoms with E-state index in [1.165, 1.54) is 35.8 Å². The van der Waals surface area contributed by atoms with Crippen molar-refractivity contribution >= 4 is 12.0 Å². The molecule has 0 spiro atoms. The minimum absolute atomic E-state index is 0.0987. The first-order chi connectivity index (χ1) is 18.0. The lowest BCUT2D eigenvalue weighted by Crippen LogP contribution is -2.37. The van der Waals surface area contributed by atoms with Gasteiger partial charge in [0.25, 0.3) is 0 Å². The lowest BCUT2D eigenvalue weighted by molar-refractivity contribution is -0.117. The molecule has 37 heavy (non-hydrogen) atoms. The van der Waals surface area contributed by atoms with Crippen LogP contribution in [-0.2, 0) is 17.6 Å². The molecule has 2 heterocycles. The normalized spacial score (nSPS) is 20.5. The van der Waals surface area contributed by atoms with E-state index in [0.717, 1.165) is 81.1 Å². The van der Waals surface area contributed by atoms with Crippen molar-refractivity contribution in [3.63, 3.8) is 0 Å². The van der Waals surface area contributed by atoms with Crippen molar-refractivity contribution < 1.29 is 13.7 Å². The molecule has 0 unspecified atom stereocenters. The fourth-order valence-electron chi connectivity index (χ4n) is 5.64. The van der Waals surface area contributed by atoms with Gasteiger partial charge in [0.15, 0.2) is 5.76 Å². The van der Waals surface area contributed by atoms with Crippen LogP contribution in [0.5, 0.6) is 0 Å². The Morgan fingerprint density at radius 3 is 2.65 bits per heavy atom. The lowest BCUT2D eigenvalue weighted by atomic mass is 9.84. The maximum Gasteiger partial charge on any atom is 0.244 e. The number of fused-ring (bicyclic) bond motifs is 1. The Morgan fingerprint density at radius 2 is 1.89 bits per heavy atom. The highest BCUT2D eigenvalue weighted by molar-refractivity contribution is 5.91. The fraction of sp³-hybridized carbons (Fsp3) is 0.419. The summed E-state index contributed by atoms with van der Waals surface area (Å²) >= 11 is 0. The van der Waals surface area contributed by atoms with Gasteiger partial charge in [0, 0.05) is 36.8 Å². The van der Waals surface area contributed by atoms with E-state index in [1.807, 2.05) is 13.0 Å². The molecule has 1 aliphatic carbocycles. The molecule has 2 aromatic carbocycles. The minimum atomic E-state index is -0.294. The summed E-state index contributed by atoms with van der Waals surface area (Å²) in [7, 11) is 0. The molecule has 3 aromatic rings. The second-order valence-electron chi connectivity index (χ2n) is 10.6. The Kier molecular flexibility index (Phi) is 8.15. The third-order valence-corrected chi connectivity index (χ3v) is 7.84. The highest BCUT2D eigenvalue weighted by Gasteiger charge is 2.23. The second kappa shape index (κ2) is 11.9. The van der Waals surface area contributed by atoms with Gasteiger partial charge in [-0.2, -0.15) is 0 Å². The molecule has 1 aliphatic heterocycles. The van der Waals surface area contributed by atoms with E-state index in [-0.39, 0.29) is 17.8 Å². The summed E-state index contributed by atoms with van der Waals surface area (Å²) in [4.78, 5) is 14.9. The quantitative estimate of drug-likeness (QED) is 0.406. The number of hydrogen-bond acceptors (Lipinski definition) is 4. The van der Waals surface area contributed by atoms with Crippen LogP contribution in [-0.4, -0.2) is 41.6 Å². The van der Waals surface area contributed by atoms with E-state index in [9.17, 15) is 9.18 Å². The molecule has 1 aromatic heterocycles. The molecule has 194 valence electrons. The maximum absolute atomic E-state index is 13.3. The molecule has 0 atom stereocenters. The predicted molar refractivity (Wildman–Crippen MR) is 144 cm³/mol. The van der Waals surface area contributed by atoms with Crippen LogP contribution < -0.4 is 5.32 Å². The summed E-state index contributed by atoms with van der Waals surface area (Å²) < 4.78 is 18.8. The molecule has 5 nitrogen and oxygen atoms in total. The zero-order valence-electron chi connectivity index (χ0n) is 21.6. The van der Waals surface area contributed by atoms with Crippen LogP contribution in [0.2, 0.25) is 0 Å². The van der Waals surface area contributed by atoms with Crippen molar-refractivity contribution in [1.82, 2.24) is 15.4 Å². The van der Waals surface area contributed by atoms with Crippen molar-refractivity contribution in [3.05, 3.63) is 82.8 Å². The Labute approximate surface area is 218 Å². The Hall–Kier alpha value is -3.25. The molecular formula is C31H36FN3O2. The van der Waals surface area contributed by atoms with Crippen molar-refractivity contribution in [3.8, 4) is 11.3 Å². The van der Waals surface area contributed by atoms with Gasteiger partial charge in [-0.3, -0.25) is 4.79 Å². The zero-order valence-corrected chi connectivity index (χ0v) is 21.6. The number of rotatable bonds is 7. The van der Waals surface area contributed by atoms with Gasteiger partial charge < -0.3 is 14.7 Å². The molecule has 0 radical (unpaired) electrons. The van der Waals surface area contributed by atoms with Gasteiger partial charge in [-0.15, -0.1) is 0 Å². The lowest BCUT2D eigenvalue weighted by Gasteiger charge is -2.30. The molecule has 0 saturated heterocycles. The average Bonchev–Trinajstić information content (AvgIpc) is 3.23. The second-order valence-corrected chi connectivity index (χ2v) is 10.6. The van der Waals surface area contributed by atoms with Gasteiger partial charge >= 0.3 is 0 Å². The van der Waals surface area contributed by atoms with E-state index >= 15 is 0 Å². The minimum Gasteiger partial charge on any atom is -0.356 e. The number of aromatic nitrogens is 1. The average molecular weight is 502 g/mol. The van der Waals surface area contributed by atoms with E-state index in [0.29, 0.717) is 5.56 Å². The molecule has 6 heteroatoms. The summed E-state index contributed by atoms with van der Waals surface area (Å²) in [6.07, 6.45) is 10.9. The molecule has 5 rings (SSSR count). The Balaban J connectivity index is 1.04. The number of halogens is 1. The van der Waals surface area contributed by atoms with Crippen LogP contribution in [0.1, 0.15) is 54.5 Å². The molecule has 0 bridgehead atoms. The summed E-state index contributed by atoms with van der Waals surface area (Å²) in [6.45, 7) is 5.29. The molecule has 1 saturated carbocycles. The van der Waals surface area contributed by atoms with Gasteiger partial charge in [0.05, 0.1) is 5.69 Å². The number of aryl methyl sites for hydroxylation is 1. The highest BCUT2D eigenvalue weighted by atomic mass is 19.1. The van der Waals surface area contributed by atoms with E-state index in [4.69, 9.17) is 4.52 Å². The number of hydrogen-bond donors (Lipinski definition) is 1. The van der Waals surface area contributed by atoms with Gasteiger partial charge in [-0.05, 0) is 105 Å². The summed E-state index contributed by atoms with van der Waals surface area (Å²) in [6, 6.07) is 15.2. The van der Waals surface area contributed by atoms with Crippen molar-refractivity contribution in [2.75, 3.05) is 19.6 Å². The molecular weight excluding hydrogens is 465 g/mol. The monoisotopic (exact) mass is 501 g/mol. The van der Waals surface area contributed by atoms with Gasteiger partial charge in [0.1, 0.15) is 5.82 Å². The number of carbonyl (C=O) groups excluding carboxylic acids is 1. The van der Waals surface area contributed by atoms with Gasteiger partial charge in [-0.25, -0.2) is 4.39 Å². The number of benzene rings is 2. The van der Waals surface area contributed by atoms with Crippen molar-refractivity contribution in [2.45, 2.75) is 57.9 Å². The molecule has 2 aliphatic rings. The van der Waals surface area contributed by atoms with Gasteiger partial charge in [-0.1, -0.05) is 29.4 Å². The summed E-state index contributed by atoms with van der Waals surface area (Å²) in [5, 5.41) is 7.15. The van der Waals surface area contributed by atoms with Crippen molar-refractivity contribution in [2.24, 2.45) is 5.92 Å². The van der Waals surface area contributed by atoms with E-state index in [2.05, 4.69) is 33.6 Å². The van der Waals surface area contributed by atoms with Crippen LogP contribution >= 0.6 is 0 Å². The zero-order chi connectivity index (χ0) is 25.6. The van der Waals surface area contributed by atoms with Crippen LogP contribution in [0.4, 0.5) is 4.39 Å². The van der Waals surface area contributed by atoms with E-state index < -0.39 is 0 Å². The predicted octanol–water partition coefficient (Wildman–Crippen LogP) is 5.97. The maximum atomic E-state index is 13.3. The van der Waals surface area contributed by atoms with Crippen molar-refractivity contribution in [1.29, 1.82) is 0 Å². The first-order valence-electron chi connectivity index (χ1n) is 13.5. The van der Waals surface area contributed by atoms with E-state index in [1.54, 1.807) is 18.2 Å². The Morgan fingerprint density at radius 1 is 1.08 bits per heavy atom. The molecule has 1 fully saturated rings. The highest BCUT2D eigenvalue weighted by Crippen LogP contribution is 2.29. The van der Waals surface area contributed by atoms with Crippen LogP contribution in [0.15, 0.2) is 59.1 Å². The third kappa shape index (κ3) is 6.95. The summed E-state index contributed by atoms with van der Waals surface area (Å²) in [5.74, 6) is 1.18. The smallest absolute Gasteiger partial charge is 0.244 e.